The van der Waals surface area contributed by atoms with Gasteiger partial charge in [0.25, 0.3) is 0 Å². The van der Waals surface area contributed by atoms with Gasteiger partial charge in [-0.15, -0.1) is 0 Å². The maximum absolute atomic E-state index is 11.6. The van der Waals surface area contributed by atoms with Crippen molar-refractivity contribution in [3.63, 3.8) is 0 Å². The Balaban J connectivity index is 3.02. The third-order valence-electron chi connectivity index (χ3n) is 2.40. The number of ether oxygens (including phenoxy) is 2. The van der Waals surface area contributed by atoms with Crippen molar-refractivity contribution in [2.24, 2.45) is 0 Å². The van der Waals surface area contributed by atoms with Crippen LogP contribution in [0.5, 0.6) is 5.75 Å². The van der Waals surface area contributed by atoms with Crippen LogP contribution in [-0.2, 0) is 9.53 Å². The summed E-state index contributed by atoms with van der Waals surface area (Å²) in [7, 11) is 1.58. The lowest BCUT2D eigenvalue weighted by molar-refractivity contribution is -0.143. The van der Waals surface area contributed by atoms with Gasteiger partial charge in [0.05, 0.1) is 19.8 Å². The van der Waals surface area contributed by atoms with Crippen LogP contribution in [0.1, 0.15) is 24.0 Å². The number of carbonyl (C=O) groups is 1. The molecule has 0 aliphatic heterocycles. The number of carbonyl (C=O) groups excluding carboxylic acids is 1. The smallest absolute Gasteiger partial charge is 0.327 e. The Labute approximate surface area is 101 Å². The maximum Gasteiger partial charge on any atom is 0.327 e. The first-order valence-electron chi connectivity index (χ1n) is 5.34. The van der Waals surface area contributed by atoms with Crippen molar-refractivity contribution in [3.8, 4) is 11.8 Å². The van der Waals surface area contributed by atoms with Gasteiger partial charge in [-0.1, -0.05) is 12.1 Å². The number of esters is 1. The van der Waals surface area contributed by atoms with E-state index in [4.69, 9.17) is 14.7 Å². The van der Waals surface area contributed by atoms with E-state index in [0.717, 1.165) is 11.3 Å². The zero-order valence-corrected chi connectivity index (χ0v) is 10.2. The largest absolute Gasteiger partial charge is 0.496 e. The zero-order chi connectivity index (χ0) is 12.8. The highest BCUT2D eigenvalue weighted by Gasteiger charge is 2.21. The molecule has 0 aromatic heterocycles. The molecule has 1 unspecified atom stereocenters. The predicted molar refractivity (Wildman–Crippen MR) is 62.7 cm³/mol. The lowest BCUT2D eigenvalue weighted by Gasteiger charge is -2.11. The SMILES string of the molecule is CCOC(=O)C(C#N)c1ccc(OC)c(C)c1. The van der Waals surface area contributed by atoms with Gasteiger partial charge in [0, 0.05) is 0 Å². The number of aryl methyl sites for hydroxylation is 1. The summed E-state index contributed by atoms with van der Waals surface area (Å²) in [6.07, 6.45) is 0. The Kier molecular flexibility index (Phi) is 4.53. The van der Waals surface area contributed by atoms with Crippen molar-refractivity contribution in [2.75, 3.05) is 13.7 Å². The first kappa shape index (κ1) is 13.0. The van der Waals surface area contributed by atoms with E-state index in [0.29, 0.717) is 5.56 Å². The highest BCUT2D eigenvalue weighted by Crippen LogP contribution is 2.24. The van der Waals surface area contributed by atoms with Crippen LogP contribution in [0.25, 0.3) is 0 Å². The second kappa shape index (κ2) is 5.90. The summed E-state index contributed by atoms with van der Waals surface area (Å²) in [5.74, 6) is -0.659. The fourth-order valence-electron chi connectivity index (χ4n) is 1.57. The standard InChI is InChI=1S/C13H15NO3/c1-4-17-13(15)11(8-14)10-5-6-12(16-3)9(2)7-10/h5-7,11H,4H2,1-3H3. The van der Waals surface area contributed by atoms with Crippen LogP contribution in [-0.4, -0.2) is 19.7 Å². The van der Waals surface area contributed by atoms with Crippen molar-refractivity contribution in [1.82, 2.24) is 0 Å². The molecule has 1 atom stereocenters. The van der Waals surface area contributed by atoms with E-state index in [1.54, 1.807) is 32.2 Å². The van der Waals surface area contributed by atoms with Crippen molar-refractivity contribution in [3.05, 3.63) is 29.3 Å². The minimum Gasteiger partial charge on any atom is -0.496 e. The van der Waals surface area contributed by atoms with Gasteiger partial charge in [0.1, 0.15) is 5.75 Å². The maximum atomic E-state index is 11.6. The molecule has 1 aromatic rings. The van der Waals surface area contributed by atoms with Crippen molar-refractivity contribution in [1.29, 1.82) is 5.26 Å². The van der Waals surface area contributed by atoms with Crippen LogP contribution >= 0.6 is 0 Å². The molecule has 1 aromatic carbocycles. The number of nitrogens with zero attached hydrogens (tertiary/aromatic N) is 1. The van der Waals surface area contributed by atoms with E-state index in [9.17, 15) is 4.79 Å². The van der Waals surface area contributed by atoms with Gasteiger partial charge in [-0.2, -0.15) is 5.26 Å². The molecule has 0 N–H and O–H groups in total. The summed E-state index contributed by atoms with van der Waals surface area (Å²) >= 11 is 0. The second-order valence-electron chi connectivity index (χ2n) is 3.54. The molecular formula is C13H15NO3. The van der Waals surface area contributed by atoms with Crippen molar-refractivity contribution in [2.45, 2.75) is 19.8 Å². The van der Waals surface area contributed by atoms with Gasteiger partial charge in [-0.05, 0) is 31.0 Å². The molecule has 0 radical (unpaired) electrons. The molecule has 0 fully saturated rings. The fourth-order valence-corrected chi connectivity index (χ4v) is 1.57. The highest BCUT2D eigenvalue weighted by atomic mass is 16.5. The van der Waals surface area contributed by atoms with E-state index in [1.165, 1.54) is 0 Å². The number of nitriles is 1. The monoisotopic (exact) mass is 233 g/mol. The average Bonchev–Trinajstić information content (AvgIpc) is 2.30. The Morgan fingerprint density at radius 3 is 2.71 bits per heavy atom. The summed E-state index contributed by atoms with van der Waals surface area (Å²) in [6.45, 7) is 3.85. The van der Waals surface area contributed by atoms with E-state index in [-0.39, 0.29) is 6.61 Å². The van der Waals surface area contributed by atoms with Gasteiger partial charge in [0.15, 0.2) is 5.92 Å². The van der Waals surface area contributed by atoms with Crippen molar-refractivity contribution >= 4 is 5.97 Å². The Hall–Kier alpha value is -2.02. The second-order valence-corrected chi connectivity index (χ2v) is 3.54. The molecule has 0 saturated heterocycles. The van der Waals surface area contributed by atoms with E-state index in [1.807, 2.05) is 13.0 Å². The fraction of sp³-hybridized carbons (Fsp3) is 0.385. The zero-order valence-electron chi connectivity index (χ0n) is 10.2. The summed E-state index contributed by atoms with van der Waals surface area (Å²) in [5.41, 5.74) is 1.51. The molecule has 1 rings (SSSR count). The first-order valence-corrected chi connectivity index (χ1v) is 5.34. The molecule has 0 heterocycles. The number of hydrogen-bond donors (Lipinski definition) is 0. The Morgan fingerprint density at radius 2 is 2.24 bits per heavy atom. The summed E-state index contributed by atoms with van der Waals surface area (Å²) in [4.78, 5) is 11.6. The van der Waals surface area contributed by atoms with E-state index >= 15 is 0 Å². The van der Waals surface area contributed by atoms with E-state index in [2.05, 4.69) is 0 Å². The molecule has 0 aliphatic rings. The number of rotatable bonds is 4. The van der Waals surface area contributed by atoms with Crippen LogP contribution in [0, 0.1) is 18.3 Å². The highest BCUT2D eigenvalue weighted by molar-refractivity contribution is 5.81. The Morgan fingerprint density at radius 1 is 1.53 bits per heavy atom. The van der Waals surface area contributed by atoms with Gasteiger partial charge in [-0.3, -0.25) is 4.79 Å². The van der Waals surface area contributed by atoms with Crippen LogP contribution in [0.15, 0.2) is 18.2 Å². The van der Waals surface area contributed by atoms with Gasteiger partial charge in [0.2, 0.25) is 0 Å². The molecule has 4 nitrogen and oxygen atoms in total. The molecule has 0 bridgehead atoms. The van der Waals surface area contributed by atoms with Crippen LogP contribution in [0.3, 0.4) is 0 Å². The van der Waals surface area contributed by atoms with Gasteiger partial charge >= 0.3 is 5.97 Å². The Bertz CT molecular complexity index is 448. The predicted octanol–water partition coefficient (Wildman–Crippen LogP) is 2.17. The molecule has 0 aliphatic carbocycles. The third-order valence-corrected chi connectivity index (χ3v) is 2.40. The summed E-state index contributed by atoms with van der Waals surface area (Å²) < 4.78 is 9.98. The molecular weight excluding hydrogens is 218 g/mol. The third kappa shape index (κ3) is 2.97. The molecule has 4 heteroatoms. The normalized spacial score (nSPS) is 11.4. The molecule has 0 spiro atoms. The van der Waals surface area contributed by atoms with Crippen LogP contribution < -0.4 is 4.74 Å². The average molecular weight is 233 g/mol. The first-order chi connectivity index (χ1) is 8.13. The number of methoxy groups -OCH3 is 1. The quantitative estimate of drug-likeness (QED) is 0.748. The number of benzene rings is 1. The van der Waals surface area contributed by atoms with Crippen molar-refractivity contribution < 1.29 is 14.3 Å². The van der Waals surface area contributed by atoms with E-state index < -0.39 is 11.9 Å². The molecule has 0 amide bonds. The lowest BCUT2D eigenvalue weighted by Crippen LogP contribution is -2.14. The minimum absolute atomic E-state index is 0.270. The summed E-state index contributed by atoms with van der Waals surface area (Å²) in [5, 5.41) is 9.01. The molecule has 0 saturated carbocycles. The minimum atomic E-state index is -0.875. The molecule has 17 heavy (non-hydrogen) atoms. The summed E-state index contributed by atoms with van der Waals surface area (Å²) in [6, 6.07) is 7.17. The molecule has 90 valence electrons. The number of hydrogen-bond acceptors (Lipinski definition) is 4. The lowest BCUT2D eigenvalue weighted by atomic mass is 9.98. The van der Waals surface area contributed by atoms with Crippen LogP contribution in [0.2, 0.25) is 0 Å². The van der Waals surface area contributed by atoms with Gasteiger partial charge < -0.3 is 9.47 Å². The topological polar surface area (TPSA) is 59.3 Å². The van der Waals surface area contributed by atoms with Gasteiger partial charge in [-0.25, -0.2) is 0 Å². The van der Waals surface area contributed by atoms with Crippen LogP contribution in [0.4, 0.5) is 0 Å².